The Kier molecular flexibility index (Phi) is 7.45. The highest BCUT2D eigenvalue weighted by atomic mass is 16.6. The Morgan fingerprint density at radius 1 is 1.00 bits per heavy atom. The maximum absolute atomic E-state index is 11.7. The lowest BCUT2D eigenvalue weighted by Crippen LogP contribution is -2.42. The molecule has 0 fully saturated rings. The van der Waals surface area contributed by atoms with Crippen molar-refractivity contribution in [2.24, 2.45) is 0 Å². The number of rotatable bonds is 7. The van der Waals surface area contributed by atoms with Crippen molar-refractivity contribution in [3.05, 3.63) is 77.9 Å². The van der Waals surface area contributed by atoms with Crippen LogP contribution < -0.4 is 4.74 Å². The molecule has 0 N–H and O–H groups in total. The molecule has 154 valence electrons. The van der Waals surface area contributed by atoms with E-state index < -0.39 is 17.2 Å². The van der Waals surface area contributed by atoms with E-state index in [0.717, 1.165) is 16.9 Å². The predicted molar refractivity (Wildman–Crippen MR) is 118 cm³/mol. The maximum Gasteiger partial charge on any atom is 0.330 e. The van der Waals surface area contributed by atoms with Gasteiger partial charge in [-0.1, -0.05) is 25.3 Å². The second kappa shape index (κ2) is 9.81. The van der Waals surface area contributed by atoms with Gasteiger partial charge in [-0.2, -0.15) is 5.26 Å². The van der Waals surface area contributed by atoms with Crippen LogP contribution in [0, 0.1) is 23.2 Å². The number of hydrogen-bond donors (Lipinski definition) is 0. The van der Waals surface area contributed by atoms with Gasteiger partial charge in [0.15, 0.2) is 0 Å². The van der Waals surface area contributed by atoms with Gasteiger partial charge in [0.1, 0.15) is 17.0 Å². The van der Waals surface area contributed by atoms with E-state index in [1.807, 2.05) is 64.1 Å². The summed E-state index contributed by atoms with van der Waals surface area (Å²) in [7, 11) is 0. The lowest BCUT2D eigenvalue weighted by Gasteiger charge is -2.36. The zero-order chi connectivity index (χ0) is 22.2. The van der Waals surface area contributed by atoms with Crippen molar-refractivity contribution < 1.29 is 14.3 Å². The first-order valence-electron chi connectivity index (χ1n) is 9.85. The van der Waals surface area contributed by atoms with E-state index in [1.165, 1.54) is 6.08 Å². The molecule has 2 aromatic carbocycles. The molecule has 0 saturated carbocycles. The molecule has 0 saturated heterocycles. The Morgan fingerprint density at radius 2 is 1.50 bits per heavy atom. The van der Waals surface area contributed by atoms with Gasteiger partial charge < -0.3 is 9.47 Å². The third kappa shape index (κ3) is 6.83. The molecule has 1 unspecified atom stereocenters. The first kappa shape index (κ1) is 22.8. The van der Waals surface area contributed by atoms with Crippen LogP contribution in [0.5, 0.6) is 5.75 Å². The van der Waals surface area contributed by atoms with E-state index in [4.69, 9.17) is 14.7 Å². The molecular weight excluding hydrogens is 374 g/mol. The van der Waals surface area contributed by atoms with Crippen LogP contribution in [0.3, 0.4) is 0 Å². The van der Waals surface area contributed by atoms with E-state index in [1.54, 1.807) is 12.1 Å². The third-order valence-electron chi connectivity index (χ3n) is 4.67. The van der Waals surface area contributed by atoms with Crippen LogP contribution in [0.15, 0.2) is 61.2 Å². The average molecular weight is 402 g/mol. The first-order chi connectivity index (χ1) is 14.2. The number of benzene rings is 2. The molecule has 0 aromatic heterocycles. The zero-order valence-corrected chi connectivity index (χ0v) is 18.0. The summed E-state index contributed by atoms with van der Waals surface area (Å²) in [5.74, 6) is 6.48. The summed E-state index contributed by atoms with van der Waals surface area (Å²) in [6.07, 6.45) is 2.39. The summed E-state index contributed by atoms with van der Waals surface area (Å²) < 4.78 is 11.7. The Labute approximate surface area is 179 Å². The summed E-state index contributed by atoms with van der Waals surface area (Å²) in [4.78, 5) is 11.7. The number of ether oxygens (including phenoxy) is 2. The summed E-state index contributed by atoms with van der Waals surface area (Å²) >= 11 is 0. The maximum atomic E-state index is 11.7. The van der Waals surface area contributed by atoms with Crippen molar-refractivity contribution in [2.45, 2.75) is 51.7 Å². The fourth-order valence-corrected chi connectivity index (χ4v) is 3.15. The van der Waals surface area contributed by atoms with Crippen LogP contribution in [-0.2, 0) is 9.53 Å². The smallest absolute Gasteiger partial charge is 0.330 e. The molecule has 2 rings (SSSR count). The van der Waals surface area contributed by atoms with E-state index >= 15 is 0 Å². The Balaban J connectivity index is 2.05. The largest absolute Gasteiger partial charge is 0.488 e. The standard InChI is InChI=1S/C26H27NO3/c1-6-24(28)30-26(5,7-2)19-25(3,4)29-23-16-14-21(15-17-23)9-8-20-10-12-22(18-27)13-11-20/h6,10-17H,1,7,19H2,2-5H3. The monoisotopic (exact) mass is 401 g/mol. The Hall–Kier alpha value is -3.50. The van der Waals surface area contributed by atoms with Gasteiger partial charge in [0.2, 0.25) is 0 Å². The van der Waals surface area contributed by atoms with E-state index in [9.17, 15) is 4.79 Å². The minimum atomic E-state index is -0.638. The summed E-state index contributed by atoms with van der Waals surface area (Å²) in [5, 5.41) is 8.85. The van der Waals surface area contributed by atoms with Crippen LogP contribution in [-0.4, -0.2) is 17.2 Å². The number of carbonyl (C=O) groups excluding carboxylic acids is 1. The third-order valence-corrected chi connectivity index (χ3v) is 4.67. The fraction of sp³-hybridized carbons (Fsp3) is 0.308. The van der Waals surface area contributed by atoms with Crippen LogP contribution in [0.1, 0.15) is 57.2 Å². The molecular formula is C26H27NO3. The van der Waals surface area contributed by atoms with Crippen molar-refractivity contribution in [1.29, 1.82) is 5.26 Å². The zero-order valence-electron chi connectivity index (χ0n) is 18.0. The van der Waals surface area contributed by atoms with Crippen molar-refractivity contribution >= 4 is 5.97 Å². The van der Waals surface area contributed by atoms with Crippen LogP contribution in [0.4, 0.5) is 0 Å². The van der Waals surface area contributed by atoms with Crippen molar-refractivity contribution in [3.8, 4) is 23.7 Å². The summed E-state index contributed by atoms with van der Waals surface area (Å²) in [5.41, 5.74) is 1.15. The summed E-state index contributed by atoms with van der Waals surface area (Å²) in [6, 6.07) is 16.8. The van der Waals surface area contributed by atoms with Gasteiger partial charge in [-0.25, -0.2) is 4.79 Å². The van der Waals surface area contributed by atoms with Gasteiger partial charge in [0, 0.05) is 23.6 Å². The molecule has 0 spiro atoms. The van der Waals surface area contributed by atoms with Gasteiger partial charge in [-0.15, -0.1) is 0 Å². The van der Waals surface area contributed by atoms with E-state index in [2.05, 4.69) is 24.5 Å². The molecule has 4 nitrogen and oxygen atoms in total. The summed E-state index contributed by atoms with van der Waals surface area (Å²) in [6.45, 7) is 11.3. The molecule has 0 aliphatic rings. The average Bonchev–Trinajstić information content (AvgIpc) is 2.72. The van der Waals surface area contributed by atoms with Gasteiger partial charge >= 0.3 is 5.97 Å². The molecule has 1 atom stereocenters. The van der Waals surface area contributed by atoms with Crippen LogP contribution in [0.2, 0.25) is 0 Å². The lowest BCUT2D eigenvalue weighted by atomic mass is 9.88. The number of esters is 1. The molecule has 30 heavy (non-hydrogen) atoms. The number of hydrogen-bond acceptors (Lipinski definition) is 4. The molecule has 0 bridgehead atoms. The minimum absolute atomic E-state index is 0.430. The van der Waals surface area contributed by atoms with Crippen LogP contribution in [0.25, 0.3) is 0 Å². The van der Waals surface area contributed by atoms with E-state index in [-0.39, 0.29) is 0 Å². The Morgan fingerprint density at radius 3 is 1.97 bits per heavy atom. The number of nitrogens with zero attached hydrogens (tertiary/aromatic N) is 1. The van der Waals surface area contributed by atoms with Crippen LogP contribution >= 0.6 is 0 Å². The minimum Gasteiger partial charge on any atom is -0.488 e. The molecule has 4 heteroatoms. The highest BCUT2D eigenvalue weighted by Gasteiger charge is 2.35. The van der Waals surface area contributed by atoms with Gasteiger partial charge in [0.05, 0.1) is 11.6 Å². The second-order valence-electron chi connectivity index (χ2n) is 7.93. The van der Waals surface area contributed by atoms with Crippen molar-refractivity contribution in [3.63, 3.8) is 0 Å². The topological polar surface area (TPSA) is 59.3 Å². The molecule has 0 amide bonds. The van der Waals surface area contributed by atoms with Gasteiger partial charge in [0.25, 0.3) is 0 Å². The molecule has 0 aliphatic carbocycles. The first-order valence-corrected chi connectivity index (χ1v) is 9.85. The normalized spacial score (nSPS) is 12.5. The fourth-order valence-electron chi connectivity index (χ4n) is 3.15. The highest BCUT2D eigenvalue weighted by Crippen LogP contribution is 2.31. The SMILES string of the molecule is C=CC(=O)OC(C)(CC)CC(C)(C)Oc1ccc(C#Cc2ccc(C#N)cc2)cc1. The van der Waals surface area contributed by atoms with Gasteiger partial charge in [-0.05, 0) is 75.7 Å². The molecule has 2 aromatic rings. The van der Waals surface area contributed by atoms with E-state index in [0.29, 0.717) is 18.4 Å². The number of carbonyl (C=O) groups is 1. The second-order valence-corrected chi connectivity index (χ2v) is 7.93. The van der Waals surface area contributed by atoms with Crippen molar-refractivity contribution in [1.82, 2.24) is 0 Å². The predicted octanol–water partition coefficient (Wildman–Crippen LogP) is 5.40. The number of nitriles is 1. The van der Waals surface area contributed by atoms with Crippen molar-refractivity contribution in [2.75, 3.05) is 0 Å². The quantitative estimate of drug-likeness (QED) is 0.354. The van der Waals surface area contributed by atoms with Gasteiger partial charge in [-0.3, -0.25) is 0 Å². The molecule has 0 heterocycles. The lowest BCUT2D eigenvalue weighted by molar-refractivity contribution is -0.156. The molecule has 0 aliphatic heterocycles. The molecule has 0 radical (unpaired) electrons. The highest BCUT2D eigenvalue weighted by molar-refractivity contribution is 5.81. The Bertz CT molecular complexity index is 986.